The third-order valence-corrected chi connectivity index (χ3v) is 2.90. The molecule has 2 aromatic carbocycles. The second kappa shape index (κ2) is 6.44. The molecule has 4 heteroatoms. The zero-order valence-corrected chi connectivity index (χ0v) is 11.7. The van der Waals surface area contributed by atoms with E-state index in [1.165, 1.54) is 6.92 Å². The lowest BCUT2D eigenvalue weighted by molar-refractivity contribution is -0.131. The second-order valence-corrected chi connectivity index (χ2v) is 4.67. The maximum absolute atomic E-state index is 11.1. The van der Waals surface area contributed by atoms with E-state index < -0.39 is 0 Å². The Morgan fingerprint density at radius 1 is 1.15 bits per heavy atom. The Balaban J connectivity index is 2.35. The van der Waals surface area contributed by atoms with Crippen molar-refractivity contribution in [3.8, 4) is 5.75 Å². The van der Waals surface area contributed by atoms with Crippen molar-refractivity contribution in [2.75, 3.05) is 0 Å². The molecule has 0 bridgehead atoms. The molecule has 0 heterocycles. The number of ether oxygens (including phenoxy) is 1. The molecule has 0 atom stereocenters. The summed E-state index contributed by atoms with van der Waals surface area (Å²) in [6, 6.07) is 12.6. The van der Waals surface area contributed by atoms with Gasteiger partial charge in [-0.1, -0.05) is 53.5 Å². The van der Waals surface area contributed by atoms with Crippen molar-refractivity contribution in [3.05, 3.63) is 58.6 Å². The van der Waals surface area contributed by atoms with Gasteiger partial charge in [0, 0.05) is 17.5 Å². The third kappa shape index (κ3) is 3.75. The average molecular weight is 283 g/mol. The van der Waals surface area contributed by atoms with Gasteiger partial charge in [0.25, 0.3) is 0 Å². The number of carbonyl (C=O) groups excluding carboxylic acids is 1. The first-order valence-corrected chi connectivity index (χ1v) is 6.44. The summed E-state index contributed by atoms with van der Waals surface area (Å²) in [6.45, 7) is 1.36. The smallest absolute Gasteiger partial charge is 0.308 e. The van der Waals surface area contributed by atoms with E-state index in [9.17, 15) is 4.79 Å². The molecule has 0 aromatic heterocycles. The molecule has 0 saturated heterocycles. The molecule has 20 heavy (non-hydrogen) atoms. The molecule has 2 nitrogen and oxygen atoms in total. The zero-order valence-electron chi connectivity index (χ0n) is 11.0. The maximum atomic E-state index is 11.1. The van der Waals surface area contributed by atoms with E-state index >= 15 is 0 Å². The second-order valence-electron chi connectivity index (χ2n) is 4.24. The quantitative estimate of drug-likeness (QED) is 0.374. The number of halogens is 1. The van der Waals surface area contributed by atoms with Crippen LogP contribution in [0.15, 0.2) is 42.5 Å². The Morgan fingerprint density at radius 2 is 1.85 bits per heavy atom. The zero-order chi connectivity index (χ0) is 14.5. The first-order chi connectivity index (χ1) is 9.56. The molecule has 98 valence electrons. The highest BCUT2D eigenvalue weighted by Gasteiger charge is 2.04. The minimum atomic E-state index is -0.374. The number of benzene rings is 2. The molecular weight excluding hydrogens is 270 g/mol. The van der Waals surface area contributed by atoms with Gasteiger partial charge >= 0.3 is 5.97 Å². The SMILES string of the molecule is [B]c1ccccc1/C=C/c1cc(Cl)ccc1OC(C)=O. The summed E-state index contributed by atoms with van der Waals surface area (Å²) in [6.07, 6.45) is 3.67. The van der Waals surface area contributed by atoms with E-state index in [0.717, 1.165) is 11.1 Å². The Hall–Kier alpha value is -2.00. The van der Waals surface area contributed by atoms with Gasteiger partial charge in [-0.2, -0.15) is 0 Å². The fourth-order valence-corrected chi connectivity index (χ4v) is 1.92. The van der Waals surface area contributed by atoms with Gasteiger partial charge in [-0.3, -0.25) is 4.79 Å². The normalized spacial score (nSPS) is 10.7. The predicted octanol–water partition coefficient (Wildman–Crippen LogP) is 3.23. The Bertz CT molecular complexity index is 665. The number of rotatable bonds is 3. The third-order valence-electron chi connectivity index (χ3n) is 2.66. The molecule has 0 unspecified atom stereocenters. The van der Waals surface area contributed by atoms with Gasteiger partial charge in [0.15, 0.2) is 0 Å². The van der Waals surface area contributed by atoms with Crippen molar-refractivity contribution in [1.29, 1.82) is 0 Å². The molecule has 0 aliphatic carbocycles. The van der Waals surface area contributed by atoms with Crippen molar-refractivity contribution in [2.45, 2.75) is 6.92 Å². The van der Waals surface area contributed by atoms with Crippen molar-refractivity contribution < 1.29 is 9.53 Å². The lowest BCUT2D eigenvalue weighted by Gasteiger charge is -2.06. The highest BCUT2D eigenvalue weighted by Crippen LogP contribution is 2.25. The van der Waals surface area contributed by atoms with Gasteiger partial charge in [-0.05, 0) is 23.8 Å². The van der Waals surface area contributed by atoms with Crippen LogP contribution in [0.1, 0.15) is 18.1 Å². The summed E-state index contributed by atoms with van der Waals surface area (Å²) in [7, 11) is 5.87. The van der Waals surface area contributed by atoms with Crippen LogP contribution in [0, 0.1) is 0 Å². The van der Waals surface area contributed by atoms with Gasteiger partial charge < -0.3 is 4.74 Å². The van der Waals surface area contributed by atoms with Gasteiger partial charge in [0.05, 0.1) is 0 Å². The van der Waals surface area contributed by atoms with Crippen LogP contribution in [0.25, 0.3) is 12.2 Å². The number of carbonyl (C=O) groups is 1. The summed E-state index contributed by atoms with van der Waals surface area (Å²) in [5.74, 6) is 0.0915. The topological polar surface area (TPSA) is 26.3 Å². The Labute approximate surface area is 124 Å². The van der Waals surface area contributed by atoms with Crippen molar-refractivity contribution in [3.63, 3.8) is 0 Å². The van der Waals surface area contributed by atoms with E-state index in [1.54, 1.807) is 18.2 Å². The van der Waals surface area contributed by atoms with Gasteiger partial charge in [0.2, 0.25) is 0 Å². The fraction of sp³-hybridized carbons (Fsp3) is 0.0625. The first kappa shape index (κ1) is 14.4. The molecule has 0 spiro atoms. The number of hydrogen-bond donors (Lipinski definition) is 0. The van der Waals surface area contributed by atoms with Crippen LogP contribution in [-0.2, 0) is 4.79 Å². The standard InChI is InChI=1S/C16H12BClO2/c1-11(19)20-16-9-8-14(18)10-13(16)7-6-12-4-2-3-5-15(12)17/h2-10H,1H3/b7-6+. The molecule has 0 aliphatic rings. The van der Waals surface area contributed by atoms with E-state index in [2.05, 4.69) is 0 Å². The molecule has 2 rings (SSSR count). The van der Waals surface area contributed by atoms with Crippen LogP contribution in [-0.4, -0.2) is 13.8 Å². The summed E-state index contributed by atoms with van der Waals surface area (Å²) in [5, 5.41) is 0.571. The minimum absolute atomic E-state index is 0.374. The van der Waals surface area contributed by atoms with Crippen LogP contribution in [0.2, 0.25) is 5.02 Å². The van der Waals surface area contributed by atoms with E-state index in [0.29, 0.717) is 16.2 Å². The monoisotopic (exact) mass is 282 g/mol. The highest BCUT2D eigenvalue weighted by atomic mass is 35.5. The van der Waals surface area contributed by atoms with Crippen LogP contribution in [0.3, 0.4) is 0 Å². The Morgan fingerprint density at radius 3 is 2.55 bits per heavy atom. The average Bonchev–Trinajstić information content (AvgIpc) is 2.40. The van der Waals surface area contributed by atoms with Crippen LogP contribution >= 0.6 is 11.6 Å². The largest absolute Gasteiger partial charge is 0.426 e. The first-order valence-electron chi connectivity index (χ1n) is 6.07. The number of hydrogen-bond acceptors (Lipinski definition) is 2. The predicted molar refractivity (Wildman–Crippen MR) is 83.5 cm³/mol. The van der Waals surface area contributed by atoms with Crippen molar-refractivity contribution in [1.82, 2.24) is 0 Å². The van der Waals surface area contributed by atoms with E-state index in [1.807, 2.05) is 36.4 Å². The molecule has 2 radical (unpaired) electrons. The summed E-state index contributed by atoms with van der Waals surface area (Å²) in [4.78, 5) is 11.1. The van der Waals surface area contributed by atoms with Crippen molar-refractivity contribution in [2.24, 2.45) is 0 Å². The van der Waals surface area contributed by atoms with Crippen LogP contribution < -0.4 is 10.2 Å². The molecule has 0 saturated carbocycles. The van der Waals surface area contributed by atoms with E-state index in [4.69, 9.17) is 24.2 Å². The maximum Gasteiger partial charge on any atom is 0.308 e. The summed E-state index contributed by atoms with van der Waals surface area (Å²) >= 11 is 5.97. The lowest BCUT2D eigenvalue weighted by Crippen LogP contribution is -2.05. The molecule has 2 aromatic rings. The molecule has 0 N–H and O–H groups in total. The summed E-state index contributed by atoms with van der Waals surface area (Å²) < 4.78 is 5.14. The molecule has 0 amide bonds. The van der Waals surface area contributed by atoms with Crippen LogP contribution in [0.4, 0.5) is 0 Å². The Kier molecular flexibility index (Phi) is 4.64. The highest BCUT2D eigenvalue weighted by molar-refractivity contribution is 6.34. The van der Waals surface area contributed by atoms with Gasteiger partial charge in [0.1, 0.15) is 13.6 Å². The fourth-order valence-electron chi connectivity index (χ4n) is 1.74. The van der Waals surface area contributed by atoms with Gasteiger partial charge in [-0.15, -0.1) is 0 Å². The lowest BCUT2D eigenvalue weighted by atomic mass is 9.90. The molecular formula is C16H12BClO2. The molecule has 0 aliphatic heterocycles. The van der Waals surface area contributed by atoms with E-state index in [-0.39, 0.29) is 5.97 Å². The summed E-state index contributed by atoms with van der Waals surface area (Å²) in [5.41, 5.74) is 2.29. The molecule has 0 fully saturated rings. The van der Waals surface area contributed by atoms with Crippen LogP contribution in [0.5, 0.6) is 5.75 Å². The van der Waals surface area contributed by atoms with Crippen molar-refractivity contribution >= 4 is 43.0 Å². The minimum Gasteiger partial charge on any atom is -0.426 e. The number of esters is 1. The van der Waals surface area contributed by atoms with Gasteiger partial charge in [-0.25, -0.2) is 0 Å².